The van der Waals surface area contributed by atoms with Crippen molar-refractivity contribution in [3.63, 3.8) is 0 Å². The maximum Gasteiger partial charge on any atom is 0.240 e. The summed E-state index contributed by atoms with van der Waals surface area (Å²) in [7, 11) is -7.50. The molecule has 0 unspecified atom stereocenters. The number of hydrogen-bond donors (Lipinski definition) is 4. The van der Waals surface area contributed by atoms with Crippen molar-refractivity contribution in [2.45, 2.75) is 48.6 Å². The van der Waals surface area contributed by atoms with Gasteiger partial charge in [0.05, 0.1) is 35.4 Å². The third-order valence-corrected chi connectivity index (χ3v) is 10.2. The van der Waals surface area contributed by atoms with E-state index in [9.17, 15) is 26.4 Å². The molecule has 2 amide bonds. The Kier molecular flexibility index (Phi) is 9.64. The topological polar surface area (TPSA) is 177 Å². The standard InChI is InChI=1S/C30H32N4O8S2/c35-29(33-23-9-13-27(14-10-23)43(37,38)31-19-25-3-1-17-41-25)21-5-7-22(8-6-21)30(36)34-24-11-15-28(16-12-24)44(39,40)32-20-26-4-2-18-42-26/h1-4,9-18,21-22,31-32H,5-8,19-20H2,(H,33,35)(H,34,36). The van der Waals surface area contributed by atoms with Gasteiger partial charge in [0.25, 0.3) is 0 Å². The molecule has 0 radical (unpaired) electrons. The molecule has 1 aliphatic rings. The maximum atomic E-state index is 12.9. The van der Waals surface area contributed by atoms with Crippen LogP contribution in [-0.4, -0.2) is 28.6 Å². The summed E-state index contributed by atoms with van der Waals surface area (Å²) in [6.07, 6.45) is 5.00. The molecule has 0 saturated heterocycles. The Balaban J connectivity index is 1.06. The largest absolute Gasteiger partial charge is 0.468 e. The molecule has 2 aromatic heterocycles. The van der Waals surface area contributed by atoms with Crippen molar-refractivity contribution in [1.29, 1.82) is 0 Å². The molecule has 14 heteroatoms. The summed E-state index contributed by atoms with van der Waals surface area (Å²) in [6.45, 7) is 0.0487. The normalized spacial score (nSPS) is 17.2. The lowest BCUT2D eigenvalue weighted by atomic mass is 9.81. The minimum atomic E-state index is -3.75. The first-order valence-corrected chi connectivity index (χ1v) is 16.9. The zero-order chi connectivity index (χ0) is 31.2. The molecule has 44 heavy (non-hydrogen) atoms. The smallest absolute Gasteiger partial charge is 0.240 e. The predicted molar refractivity (Wildman–Crippen MR) is 161 cm³/mol. The van der Waals surface area contributed by atoms with Gasteiger partial charge in [0.15, 0.2) is 0 Å². The average Bonchev–Trinajstić information content (AvgIpc) is 3.75. The third kappa shape index (κ3) is 8.02. The average molecular weight is 641 g/mol. The Bertz CT molecular complexity index is 1630. The number of hydrogen-bond acceptors (Lipinski definition) is 8. The van der Waals surface area contributed by atoms with E-state index in [4.69, 9.17) is 8.83 Å². The summed E-state index contributed by atoms with van der Waals surface area (Å²) in [4.78, 5) is 25.9. The fourth-order valence-corrected chi connectivity index (χ4v) is 6.85. The summed E-state index contributed by atoms with van der Waals surface area (Å²) in [5.41, 5.74) is 0.947. The number of nitrogens with one attached hydrogen (secondary N) is 4. The molecule has 0 spiro atoms. The Morgan fingerprint density at radius 3 is 1.27 bits per heavy atom. The molecule has 2 aromatic carbocycles. The number of sulfonamides is 2. The van der Waals surface area contributed by atoms with Crippen LogP contribution in [0.5, 0.6) is 0 Å². The highest BCUT2D eigenvalue weighted by atomic mass is 32.2. The third-order valence-electron chi connectivity index (χ3n) is 7.37. The van der Waals surface area contributed by atoms with Crippen LogP contribution in [0.25, 0.3) is 0 Å². The molecule has 1 saturated carbocycles. The van der Waals surface area contributed by atoms with Gasteiger partial charge in [-0.1, -0.05) is 0 Å². The van der Waals surface area contributed by atoms with Gasteiger partial charge in [0.1, 0.15) is 11.5 Å². The molecule has 5 rings (SSSR count). The van der Waals surface area contributed by atoms with Crippen molar-refractivity contribution in [1.82, 2.24) is 9.44 Å². The van der Waals surface area contributed by atoms with Gasteiger partial charge in [-0.25, -0.2) is 26.3 Å². The Labute approximate surface area is 255 Å². The molecule has 2 heterocycles. The first-order valence-electron chi connectivity index (χ1n) is 13.9. The summed E-state index contributed by atoms with van der Waals surface area (Å²) >= 11 is 0. The van der Waals surface area contributed by atoms with E-state index in [0.717, 1.165) is 0 Å². The van der Waals surface area contributed by atoms with E-state index in [2.05, 4.69) is 20.1 Å². The van der Waals surface area contributed by atoms with Gasteiger partial charge in [0.2, 0.25) is 31.9 Å². The molecule has 4 aromatic rings. The SMILES string of the molecule is O=C(Nc1ccc(S(=O)(=O)NCc2ccco2)cc1)C1CCC(C(=O)Nc2ccc(S(=O)(=O)NCc3ccco3)cc2)CC1. The Morgan fingerprint density at radius 2 is 0.955 bits per heavy atom. The van der Waals surface area contributed by atoms with Gasteiger partial charge in [-0.2, -0.15) is 0 Å². The lowest BCUT2D eigenvalue weighted by molar-refractivity contribution is -0.125. The van der Waals surface area contributed by atoms with Crippen molar-refractivity contribution in [2.24, 2.45) is 11.8 Å². The molecule has 0 bridgehead atoms. The van der Waals surface area contributed by atoms with Crippen LogP contribution in [-0.2, 0) is 42.7 Å². The van der Waals surface area contributed by atoms with Gasteiger partial charge in [-0.15, -0.1) is 0 Å². The molecule has 0 aliphatic heterocycles. The van der Waals surface area contributed by atoms with Gasteiger partial charge in [-0.05, 0) is 98.5 Å². The maximum absolute atomic E-state index is 12.9. The molecule has 1 aliphatic carbocycles. The van der Waals surface area contributed by atoms with E-state index in [0.29, 0.717) is 48.6 Å². The van der Waals surface area contributed by atoms with Crippen molar-refractivity contribution >= 4 is 43.2 Å². The van der Waals surface area contributed by atoms with Crippen LogP contribution in [0.4, 0.5) is 11.4 Å². The van der Waals surface area contributed by atoms with E-state index in [1.54, 1.807) is 24.3 Å². The van der Waals surface area contributed by atoms with Gasteiger partial charge in [-0.3, -0.25) is 9.59 Å². The first-order chi connectivity index (χ1) is 21.1. The second-order valence-corrected chi connectivity index (χ2v) is 13.9. The number of benzene rings is 2. The van der Waals surface area contributed by atoms with Crippen molar-refractivity contribution in [3.05, 3.63) is 96.8 Å². The van der Waals surface area contributed by atoms with Crippen molar-refractivity contribution < 1.29 is 35.3 Å². The number of carbonyl (C=O) groups is 2. The fraction of sp³-hybridized carbons (Fsp3) is 0.267. The zero-order valence-electron chi connectivity index (χ0n) is 23.6. The van der Waals surface area contributed by atoms with E-state index in [1.165, 1.54) is 61.1 Å². The van der Waals surface area contributed by atoms with Gasteiger partial charge in [0, 0.05) is 23.2 Å². The molecule has 1 fully saturated rings. The lowest BCUT2D eigenvalue weighted by Gasteiger charge is -2.27. The monoisotopic (exact) mass is 640 g/mol. The van der Waals surface area contributed by atoms with Crippen molar-refractivity contribution in [3.8, 4) is 0 Å². The van der Waals surface area contributed by atoms with Crippen LogP contribution in [0.1, 0.15) is 37.2 Å². The zero-order valence-corrected chi connectivity index (χ0v) is 25.2. The fourth-order valence-electron chi connectivity index (χ4n) is 4.87. The van der Waals surface area contributed by atoms with Gasteiger partial charge >= 0.3 is 0 Å². The second kappa shape index (κ2) is 13.6. The van der Waals surface area contributed by atoms with Crippen LogP contribution in [0.2, 0.25) is 0 Å². The highest BCUT2D eigenvalue weighted by molar-refractivity contribution is 7.89. The number of rotatable bonds is 12. The number of anilines is 2. The molecular formula is C30H32N4O8S2. The molecular weight excluding hydrogens is 608 g/mol. The van der Waals surface area contributed by atoms with Gasteiger partial charge < -0.3 is 19.5 Å². The number of carbonyl (C=O) groups excluding carboxylic acids is 2. The molecule has 12 nitrogen and oxygen atoms in total. The molecule has 0 atom stereocenters. The number of furan rings is 2. The summed E-state index contributed by atoms with van der Waals surface area (Å²) in [5, 5.41) is 5.67. The summed E-state index contributed by atoms with van der Waals surface area (Å²) in [5.74, 6) is 0.0385. The Morgan fingerprint density at radius 1 is 0.591 bits per heavy atom. The van der Waals surface area contributed by atoms with Crippen LogP contribution in [0.15, 0.2) is 104 Å². The van der Waals surface area contributed by atoms with Crippen LogP contribution >= 0.6 is 0 Å². The minimum Gasteiger partial charge on any atom is -0.468 e. The minimum absolute atomic E-state index is 0.0243. The van der Waals surface area contributed by atoms with E-state index in [-0.39, 0.29) is 46.5 Å². The molecule has 4 N–H and O–H groups in total. The highest BCUT2D eigenvalue weighted by Gasteiger charge is 2.30. The van der Waals surface area contributed by atoms with Crippen LogP contribution < -0.4 is 20.1 Å². The Hall–Kier alpha value is -4.24. The summed E-state index contributed by atoms with van der Waals surface area (Å²) in [6, 6.07) is 18.5. The van der Waals surface area contributed by atoms with Crippen LogP contribution in [0, 0.1) is 11.8 Å². The highest BCUT2D eigenvalue weighted by Crippen LogP contribution is 2.31. The van der Waals surface area contributed by atoms with Crippen molar-refractivity contribution in [2.75, 3.05) is 10.6 Å². The first kappa shape index (κ1) is 31.2. The molecule has 232 valence electrons. The van der Waals surface area contributed by atoms with E-state index in [1.807, 2.05) is 0 Å². The second-order valence-electron chi connectivity index (χ2n) is 10.4. The predicted octanol–water partition coefficient (Wildman–Crippen LogP) is 4.21. The lowest BCUT2D eigenvalue weighted by Crippen LogP contribution is -2.32. The van der Waals surface area contributed by atoms with E-state index >= 15 is 0 Å². The quantitative estimate of drug-likeness (QED) is 0.178. The van der Waals surface area contributed by atoms with Crippen LogP contribution in [0.3, 0.4) is 0 Å². The van der Waals surface area contributed by atoms with E-state index < -0.39 is 20.0 Å². The summed E-state index contributed by atoms with van der Waals surface area (Å²) < 4.78 is 65.3. The number of amides is 2.